The van der Waals surface area contributed by atoms with Gasteiger partial charge in [-0.15, -0.1) is 0 Å². The van der Waals surface area contributed by atoms with Crippen LogP contribution in [0.1, 0.15) is 54.2 Å². The molecule has 34 heavy (non-hydrogen) atoms. The number of rotatable bonds is 4. The smallest absolute Gasteiger partial charge is 0.254 e. The van der Waals surface area contributed by atoms with E-state index < -0.39 is 0 Å². The number of aromatic amines is 1. The van der Waals surface area contributed by atoms with E-state index in [4.69, 9.17) is 4.98 Å². The number of anilines is 1. The number of carbonyl (C=O) groups excluding carboxylic acids is 2. The lowest BCUT2D eigenvalue weighted by Crippen LogP contribution is -2.41. The van der Waals surface area contributed by atoms with Crippen molar-refractivity contribution >= 4 is 39.3 Å². The van der Waals surface area contributed by atoms with Gasteiger partial charge in [-0.25, -0.2) is 4.98 Å². The third-order valence-electron chi connectivity index (χ3n) is 7.43. The molecule has 6 nitrogen and oxygen atoms in total. The van der Waals surface area contributed by atoms with Crippen LogP contribution in [0, 0.1) is 5.92 Å². The lowest BCUT2D eigenvalue weighted by molar-refractivity contribution is -0.121. The lowest BCUT2D eigenvalue weighted by Gasteiger charge is -2.31. The average molecular weight is 453 g/mol. The van der Waals surface area contributed by atoms with Crippen molar-refractivity contribution in [1.29, 1.82) is 0 Å². The summed E-state index contributed by atoms with van der Waals surface area (Å²) in [4.78, 5) is 36.2. The van der Waals surface area contributed by atoms with Crippen LogP contribution in [0.25, 0.3) is 21.8 Å². The molecule has 2 N–H and O–H groups in total. The van der Waals surface area contributed by atoms with Gasteiger partial charge in [0, 0.05) is 36.2 Å². The van der Waals surface area contributed by atoms with Gasteiger partial charge in [-0.3, -0.25) is 9.59 Å². The molecule has 0 unspecified atom stereocenters. The van der Waals surface area contributed by atoms with Crippen molar-refractivity contribution < 1.29 is 9.59 Å². The zero-order chi connectivity index (χ0) is 23.1. The number of nitrogens with zero attached hydrogens (tertiary/aromatic N) is 2. The first-order chi connectivity index (χ1) is 16.7. The van der Waals surface area contributed by atoms with Gasteiger partial charge in [-0.2, -0.15) is 0 Å². The molecule has 2 fully saturated rings. The van der Waals surface area contributed by atoms with Crippen LogP contribution in [0.3, 0.4) is 0 Å². The van der Waals surface area contributed by atoms with E-state index in [1.807, 2.05) is 65.6 Å². The molecule has 1 saturated carbocycles. The second-order valence-electron chi connectivity index (χ2n) is 9.56. The van der Waals surface area contributed by atoms with Crippen molar-refractivity contribution in [1.82, 2.24) is 14.9 Å². The quantitative estimate of drug-likeness (QED) is 0.431. The molecule has 172 valence electrons. The van der Waals surface area contributed by atoms with Crippen LogP contribution in [0.4, 0.5) is 5.69 Å². The van der Waals surface area contributed by atoms with Crippen LogP contribution in [-0.4, -0.2) is 39.8 Å². The molecule has 3 aromatic carbocycles. The summed E-state index contributed by atoms with van der Waals surface area (Å²) in [5, 5.41) is 5.12. The highest BCUT2D eigenvalue weighted by molar-refractivity contribution is 6.07. The third kappa shape index (κ3) is 3.83. The fraction of sp³-hybridized carbons (Fsp3) is 0.321. The summed E-state index contributed by atoms with van der Waals surface area (Å²) in [5.41, 5.74) is 3.43. The molecule has 2 aliphatic rings. The number of aromatic nitrogens is 2. The summed E-state index contributed by atoms with van der Waals surface area (Å²) < 4.78 is 0. The van der Waals surface area contributed by atoms with Gasteiger partial charge in [-0.05, 0) is 60.7 Å². The Bertz CT molecular complexity index is 1370. The first-order valence-corrected chi connectivity index (χ1v) is 12.2. The van der Waals surface area contributed by atoms with Crippen LogP contribution in [0.15, 0.2) is 60.7 Å². The van der Waals surface area contributed by atoms with Gasteiger partial charge < -0.3 is 15.2 Å². The van der Waals surface area contributed by atoms with Crippen molar-refractivity contribution in [3.05, 3.63) is 72.1 Å². The van der Waals surface area contributed by atoms with E-state index in [1.54, 1.807) is 0 Å². The normalized spacial score (nSPS) is 17.1. The van der Waals surface area contributed by atoms with E-state index in [1.165, 1.54) is 19.3 Å². The summed E-state index contributed by atoms with van der Waals surface area (Å²) in [5.74, 6) is 1.58. The Kier molecular flexibility index (Phi) is 5.28. The SMILES string of the molecule is O=C(Nc1ccc2nc(C3CCC3)[nH]c2c1)C1CCN(C(=O)c2cccc3ccccc23)CC1. The number of likely N-dealkylation sites (tertiary alicyclic amines) is 1. The highest BCUT2D eigenvalue weighted by Gasteiger charge is 2.29. The van der Waals surface area contributed by atoms with Gasteiger partial charge in [-0.1, -0.05) is 42.8 Å². The van der Waals surface area contributed by atoms with E-state index in [0.29, 0.717) is 31.8 Å². The standard InChI is InChI=1S/C28H28N4O2/c33-27(29-21-11-12-24-25(17-21)31-26(30-24)19-7-3-8-19)20-13-15-32(16-14-20)28(34)23-10-4-6-18-5-1-2-9-22(18)23/h1-2,4-6,9-12,17,19-20H,3,7-8,13-16H2,(H,29,33)(H,30,31). The first kappa shape index (κ1) is 20.9. The van der Waals surface area contributed by atoms with E-state index in [-0.39, 0.29) is 17.7 Å². The molecule has 4 aromatic rings. The van der Waals surface area contributed by atoms with Crippen LogP contribution < -0.4 is 5.32 Å². The molecule has 6 rings (SSSR count). The summed E-state index contributed by atoms with van der Waals surface area (Å²) in [7, 11) is 0. The Hall–Kier alpha value is -3.67. The molecule has 0 bridgehead atoms. The molecule has 0 radical (unpaired) electrons. The number of hydrogen-bond donors (Lipinski definition) is 2. The number of imidazole rings is 1. The van der Waals surface area contributed by atoms with Crippen LogP contribution in [-0.2, 0) is 4.79 Å². The topological polar surface area (TPSA) is 78.1 Å². The molecule has 0 atom stereocenters. The van der Waals surface area contributed by atoms with Crippen molar-refractivity contribution in [2.24, 2.45) is 5.92 Å². The average Bonchev–Trinajstić information content (AvgIpc) is 3.24. The Morgan fingerprint density at radius 2 is 1.74 bits per heavy atom. The fourth-order valence-electron chi connectivity index (χ4n) is 5.15. The van der Waals surface area contributed by atoms with Crippen LogP contribution >= 0.6 is 0 Å². The lowest BCUT2D eigenvalue weighted by atomic mass is 9.85. The third-order valence-corrected chi connectivity index (χ3v) is 7.43. The number of fused-ring (bicyclic) bond motifs is 2. The van der Waals surface area contributed by atoms with E-state index >= 15 is 0 Å². The Labute approximate surface area is 198 Å². The summed E-state index contributed by atoms with van der Waals surface area (Å²) in [6, 6.07) is 19.7. The second-order valence-corrected chi connectivity index (χ2v) is 9.56. The minimum Gasteiger partial charge on any atom is -0.342 e. The Morgan fingerprint density at radius 1 is 0.941 bits per heavy atom. The number of carbonyl (C=O) groups is 2. The van der Waals surface area contributed by atoms with Gasteiger partial charge in [0.1, 0.15) is 5.82 Å². The molecular formula is C28H28N4O2. The van der Waals surface area contributed by atoms with Crippen molar-refractivity contribution in [3.63, 3.8) is 0 Å². The predicted octanol–water partition coefficient (Wildman–Crippen LogP) is 5.47. The molecule has 2 amide bonds. The zero-order valence-corrected chi connectivity index (χ0v) is 19.1. The highest BCUT2D eigenvalue weighted by atomic mass is 16.2. The number of hydrogen-bond acceptors (Lipinski definition) is 3. The summed E-state index contributed by atoms with van der Waals surface area (Å²) in [6.45, 7) is 1.18. The molecule has 1 aromatic heterocycles. The van der Waals surface area contributed by atoms with Crippen molar-refractivity contribution in [2.75, 3.05) is 18.4 Å². The number of nitrogens with one attached hydrogen (secondary N) is 2. The predicted molar refractivity (Wildman–Crippen MR) is 134 cm³/mol. The maximum absolute atomic E-state index is 13.2. The minimum absolute atomic E-state index is 0.0235. The van der Waals surface area contributed by atoms with Crippen molar-refractivity contribution in [3.8, 4) is 0 Å². The minimum atomic E-state index is -0.0976. The van der Waals surface area contributed by atoms with Gasteiger partial charge in [0.25, 0.3) is 5.91 Å². The number of amides is 2. The molecule has 1 saturated heterocycles. The fourth-order valence-corrected chi connectivity index (χ4v) is 5.15. The number of piperidine rings is 1. The molecule has 2 heterocycles. The van der Waals surface area contributed by atoms with Crippen LogP contribution in [0.2, 0.25) is 0 Å². The first-order valence-electron chi connectivity index (χ1n) is 12.2. The Morgan fingerprint density at radius 3 is 2.53 bits per heavy atom. The van der Waals surface area contributed by atoms with E-state index in [9.17, 15) is 9.59 Å². The summed E-state index contributed by atoms with van der Waals surface area (Å²) in [6.07, 6.45) is 5.01. The molecule has 1 aliphatic heterocycles. The monoisotopic (exact) mass is 452 g/mol. The highest BCUT2D eigenvalue weighted by Crippen LogP contribution is 2.35. The molecular weight excluding hydrogens is 424 g/mol. The summed E-state index contributed by atoms with van der Waals surface area (Å²) >= 11 is 0. The van der Waals surface area contributed by atoms with Gasteiger partial charge in [0.05, 0.1) is 11.0 Å². The molecule has 0 spiro atoms. The molecule has 1 aliphatic carbocycles. The number of benzene rings is 3. The largest absolute Gasteiger partial charge is 0.342 e. The Balaban J connectivity index is 1.09. The van der Waals surface area contributed by atoms with Crippen molar-refractivity contribution in [2.45, 2.75) is 38.0 Å². The number of H-pyrrole nitrogens is 1. The maximum atomic E-state index is 13.2. The van der Waals surface area contributed by atoms with E-state index in [2.05, 4.69) is 10.3 Å². The molecule has 6 heteroatoms. The van der Waals surface area contributed by atoms with Gasteiger partial charge in [0.15, 0.2) is 0 Å². The zero-order valence-electron chi connectivity index (χ0n) is 19.1. The van der Waals surface area contributed by atoms with Gasteiger partial charge >= 0.3 is 0 Å². The second kappa shape index (κ2) is 8.60. The van der Waals surface area contributed by atoms with Gasteiger partial charge in [0.2, 0.25) is 5.91 Å². The van der Waals surface area contributed by atoms with Crippen LogP contribution in [0.5, 0.6) is 0 Å². The van der Waals surface area contributed by atoms with E-state index in [0.717, 1.165) is 38.9 Å². The maximum Gasteiger partial charge on any atom is 0.254 e.